The summed E-state index contributed by atoms with van der Waals surface area (Å²) in [7, 11) is -3.86. The fourth-order valence-corrected chi connectivity index (χ4v) is 16.8. The first-order valence-electron chi connectivity index (χ1n) is 25.0. The smallest absolute Gasteiger partial charge is 0.171 e. The molecule has 3 heteroatoms. The number of fused-ring (bicyclic) bond motifs is 7. The number of hydrogen-bond donors (Lipinski definition) is 0. The van der Waals surface area contributed by atoms with Crippen LogP contribution in [0.1, 0.15) is 76.3 Å². The predicted molar refractivity (Wildman–Crippen MR) is 307 cm³/mol. The second kappa shape index (κ2) is 16.9. The number of hydrogen-bond acceptors (Lipinski definition) is 1. The molecule has 0 amide bonds. The highest BCUT2D eigenvalue weighted by molar-refractivity contribution is 7.85. The second-order valence-electron chi connectivity index (χ2n) is 21.7. The first kappa shape index (κ1) is 45.3. The van der Waals surface area contributed by atoms with Crippen LogP contribution in [0.15, 0.2) is 224 Å². The van der Waals surface area contributed by atoms with Gasteiger partial charge in [0.05, 0.1) is 0 Å². The lowest BCUT2D eigenvalue weighted by Crippen LogP contribution is -2.24. The lowest BCUT2D eigenvalue weighted by Gasteiger charge is -2.26. The van der Waals surface area contributed by atoms with E-state index in [0.29, 0.717) is 0 Å². The molecule has 1 atom stereocenters. The average Bonchev–Trinajstić information content (AvgIpc) is 3.76. The van der Waals surface area contributed by atoms with Crippen molar-refractivity contribution in [2.45, 2.75) is 64.7 Å². The molecule has 0 aliphatic heterocycles. The molecule has 0 saturated heterocycles. The van der Waals surface area contributed by atoms with Crippen molar-refractivity contribution in [1.82, 2.24) is 0 Å². The molecule has 0 N–H and O–H groups in total. The summed E-state index contributed by atoms with van der Waals surface area (Å²) in [5.41, 5.74) is 16.7. The van der Waals surface area contributed by atoms with Gasteiger partial charge in [0.1, 0.15) is 0 Å². The lowest BCUT2D eigenvalue weighted by atomic mass is 9.77. The summed E-state index contributed by atoms with van der Waals surface area (Å²) in [6, 6.07) is 81.9. The van der Waals surface area contributed by atoms with Crippen LogP contribution in [0, 0.1) is 0 Å². The quantitative estimate of drug-likeness (QED) is 0.139. The highest BCUT2D eigenvalue weighted by atomic mass is 31.2. The summed E-state index contributed by atoms with van der Waals surface area (Å²) in [6.45, 7) is 16.5. The fraction of sp³-hybridized carbons (Fsp3) is 0.147. The zero-order valence-corrected chi connectivity index (χ0v) is 43.5. The van der Waals surface area contributed by atoms with Crippen molar-refractivity contribution in [3.05, 3.63) is 252 Å². The zero-order chi connectivity index (χ0) is 48.9. The Morgan fingerprint density at radius 3 is 1.41 bits per heavy atom. The Morgan fingerprint density at radius 1 is 0.366 bits per heavy atom. The van der Waals surface area contributed by atoms with E-state index < -0.39 is 15.1 Å². The molecule has 10 aromatic carbocycles. The number of rotatable bonds is 8. The molecule has 0 spiro atoms. The number of benzene rings is 10. The molecule has 0 aromatic heterocycles. The maximum atomic E-state index is 15.1. The van der Waals surface area contributed by atoms with Crippen LogP contribution in [0.4, 0.5) is 0 Å². The summed E-state index contributed by atoms with van der Waals surface area (Å²) in [5.74, 6) is 0. The van der Waals surface area contributed by atoms with Gasteiger partial charge in [-0.25, -0.2) is 0 Å². The molecule has 12 rings (SSSR count). The molecular weight excluding hydrogens is 895 g/mol. The maximum Gasteiger partial charge on any atom is 0.171 e. The van der Waals surface area contributed by atoms with Crippen LogP contribution >= 0.6 is 15.1 Å². The monoisotopic (exact) mass is 952 g/mol. The second-order valence-corrected chi connectivity index (χ2v) is 26.6. The summed E-state index contributed by atoms with van der Waals surface area (Å²) < 4.78 is 15.1. The minimum absolute atomic E-state index is 0.0976. The predicted octanol–water partition coefficient (Wildman–Crippen LogP) is 15.5. The van der Waals surface area contributed by atoms with E-state index in [1.807, 2.05) is 60.7 Å². The minimum Gasteiger partial charge on any atom is -0.309 e. The van der Waals surface area contributed by atoms with Crippen LogP contribution in [0.25, 0.3) is 55.3 Å². The topological polar surface area (TPSA) is 17.1 Å². The standard InChI is InChI=1S/C68H58OP2/c1-66(2,3)48-33-35-50(36-34-48)70(49-19-11-8-12-20-49)65-28-18-26-55-54(25-17-27-58(55)65)47-32-40-57-60-43-59-56-39-31-46(41-61(56)67(4,5)63(59)44-64(60)68(6,7)62(57)42-47)45-29-37-53(38-30-45)71(69,51-21-13-9-14-22-51)52-23-15-10-16-24-52/h8-44H,1-7H3. The molecular formula is C68H58OP2. The fourth-order valence-electron chi connectivity index (χ4n) is 11.8. The van der Waals surface area contributed by atoms with Crippen molar-refractivity contribution in [3.63, 3.8) is 0 Å². The van der Waals surface area contributed by atoms with E-state index in [-0.39, 0.29) is 16.2 Å². The van der Waals surface area contributed by atoms with E-state index in [1.165, 1.54) is 93.4 Å². The van der Waals surface area contributed by atoms with Gasteiger partial charge in [-0.3, -0.25) is 0 Å². The van der Waals surface area contributed by atoms with Gasteiger partial charge in [-0.15, -0.1) is 0 Å². The molecule has 0 radical (unpaired) electrons. The van der Waals surface area contributed by atoms with Crippen molar-refractivity contribution in [2.24, 2.45) is 0 Å². The van der Waals surface area contributed by atoms with Gasteiger partial charge in [0, 0.05) is 26.7 Å². The molecule has 71 heavy (non-hydrogen) atoms. The molecule has 346 valence electrons. The van der Waals surface area contributed by atoms with E-state index in [1.54, 1.807) is 0 Å². The van der Waals surface area contributed by atoms with Crippen molar-refractivity contribution < 1.29 is 4.57 Å². The molecule has 0 bridgehead atoms. The lowest BCUT2D eigenvalue weighted by molar-refractivity contribution is 0.590. The van der Waals surface area contributed by atoms with Crippen LogP contribution in [0.2, 0.25) is 0 Å². The van der Waals surface area contributed by atoms with Gasteiger partial charge in [-0.1, -0.05) is 255 Å². The molecule has 1 nitrogen and oxygen atoms in total. The van der Waals surface area contributed by atoms with Gasteiger partial charge in [-0.05, 0) is 131 Å². The third-order valence-electron chi connectivity index (χ3n) is 15.7. The Morgan fingerprint density at radius 2 is 0.831 bits per heavy atom. The van der Waals surface area contributed by atoms with Crippen LogP contribution in [0.3, 0.4) is 0 Å². The largest absolute Gasteiger partial charge is 0.309 e. The Hall–Kier alpha value is -6.88. The van der Waals surface area contributed by atoms with E-state index in [4.69, 9.17) is 0 Å². The van der Waals surface area contributed by atoms with Crippen LogP contribution in [0.5, 0.6) is 0 Å². The van der Waals surface area contributed by atoms with Gasteiger partial charge in [-0.2, -0.15) is 0 Å². The van der Waals surface area contributed by atoms with Crippen LogP contribution in [-0.2, 0) is 20.8 Å². The molecule has 0 saturated carbocycles. The summed E-state index contributed by atoms with van der Waals surface area (Å²) in [4.78, 5) is 0. The molecule has 2 aliphatic rings. The molecule has 0 heterocycles. The van der Waals surface area contributed by atoms with Gasteiger partial charge in [0.25, 0.3) is 0 Å². The van der Waals surface area contributed by atoms with Crippen molar-refractivity contribution >= 4 is 57.7 Å². The van der Waals surface area contributed by atoms with E-state index >= 15 is 4.57 Å². The van der Waals surface area contributed by atoms with Gasteiger partial charge in [0.2, 0.25) is 0 Å². The van der Waals surface area contributed by atoms with E-state index in [9.17, 15) is 0 Å². The molecule has 10 aromatic rings. The van der Waals surface area contributed by atoms with Gasteiger partial charge in [0.15, 0.2) is 7.14 Å². The van der Waals surface area contributed by atoms with Crippen molar-refractivity contribution in [2.75, 3.05) is 0 Å². The van der Waals surface area contributed by atoms with Crippen LogP contribution in [-0.4, -0.2) is 0 Å². The summed E-state index contributed by atoms with van der Waals surface area (Å²) in [6.07, 6.45) is 0. The first-order chi connectivity index (χ1) is 34.2. The molecule has 1 unspecified atom stereocenters. The van der Waals surface area contributed by atoms with Gasteiger partial charge >= 0.3 is 0 Å². The molecule has 2 aliphatic carbocycles. The zero-order valence-electron chi connectivity index (χ0n) is 41.7. The Balaban J connectivity index is 0.893. The molecule has 0 fully saturated rings. The third-order valence-corrected chi connectivity index (χ3v) is 21.3. The van der Waals surface area contributed by atoms with Crippen molar-refractivity contribution in [1.29, 1.82) is 0 Å². The highest BCUT2D eigenvalue weighted by Gasteiger charge is 2.42. The van der Waals surface area contributed by atoms with Gasteiger partial charge < -0.3 is 4.57 Å². The van der Waals surface area contributed by atoms with Crippen molar-refractivity contribution in [3.8, 4) is 44.5 Å². The highest BCUT2D eigenvalue weighted by Crippen LogP contribution is 2.57. The SMILES string of the molecule is CC(C)(C)c1ccc(P(c2ccccc2)c2cccc3c(-c4ccc5c(c4)C(C)(C)c4cc6c(cc4-5)-c4ccc(-c5ccc(P(=O)(c7ccccc7)c7ccccc7)cc5)cc4C6(C)C)cccc23)cc1. The summed E-state index contributed by atoms with van der Waals surface area (Å²) in [5, 5.41) is 9.27. The Kier molecular flexibility index (Phi) is 10.8. The van der Waals surface area contributed by atoms with E-state index in [0.717, 1.165) is 21.5 Å². The maximum absolute atomic E-state index is 15.1. The summed E-state index contributed by atoms with van der Waals surface area (Å²) >= 11 is 0. The third kappa shape index (κ3) is 7.35. The average molecular weight is 953 g/mol. The first-order valence-corrected chi connectivity index (χ1v) is 28.1. The minimum atomic E-state index is -3.06. The Labute approximate surface area is 421 Å². The Bertz CT molecular complexity index is 3690. The van der Waals surface area contributed by atoms with E-state index in [2.05, 4.69) is 212 Å². The van der Waals surface area contributed by atoms with Crippen LogP contribution < -0.4 is 31.8 Å². The normalized spacial score (nSPS) is 14.6.